The van der Waals surface area contributed by atoms with Crippen LogP contribution in [0.4, 0.5) is 5.69 Å². The molecule has 0 aromatic heterocycles. The normalized spacial score (nSPS) is 13.0. The van der Waals surface area contributed by atoms with Crippen molar-refractivity contribution in [3.63, 3.8) is 0 Å². The zero-order chi connectivity index (χ0) is 16.0. The summed E-state index contributed by atoms with van der Waals surface area (Å²) in [6.07, 6.45) is 1.50. The SMILES string of the molecule is C=CCC(NC(=O)C(C)c1cccc([N+](=O)[O-])c1)C(=O)O. The van der Waals surface area contributed by atoms with Crippen LogP contribution in [0.3, 0.4) is 0 Å². The lowest BCUT2D eigenvalue weighted by molar-refractivity contribution is -0.384. The number of carbonyl (C=O) groups is 2. The third-order valence-electron chi connectivity index (χ3n) is 2.99. The van der Waals surface area contributed by atoms with Crippen LogP contribution in [0.15, 0.2) is 36.9 Å². The van der Waals surface area contributed by atoms with Crippen molar-refractivity contribution in [2.24, 2.45) is 0 Å². The van der Waals surface area contributed by atoms with Gasteiger partial charge >= 0.3 is 5.97 Å². The van der Waals surface area contributed by atoms with E-state index in [9.17, 15) is 19.7 Å². The van der Waals surface area contributed by atoms with Crippen LogP contribution in [0.25, 0.3) is 0 Å². The number of carboxylic acids is 1. The summed E-state index contributed by atoms with van der Waals surface area (Å²) in [5.74, 6) is -2.36. The molecule has 0 aliphatic carbocycles. The Morgan fingerprint density at radius 3 is 2.71 bits per heavy atom. The Kier molecular flexibility index (Phi) is 5.59. The van der Waals surface area contributed by atoms with Gasteiger partial charge < -0.3 is 10.4 Å². The van der Waals surface area contributed by atoms with Crippen LogP contribution < -0.4 is 5.32 Å². The molecule has 0 spiro atoms. The standard InChI is InChI=1S/C14H16N2O5/c1-3-5-12(14(18)19)15-13(17)9(2)10-6-4-7-11(8-10)16(20)21/h3-4,6-9,12H,1,5H2,2H3,(H,15,17)(H,18,19). The zero-order valence-electron chi connectivity index (χ0n) is 11.5. The number of nitro groups is 1. The van der Waals surface area contributed by atoms with Crippen molar-refractivity contribution in [2.75, 3.05) is 0 Å². The largest absolute Gasteiger partial charge is 0.480 e. The van der Waals surface area contributed by atoms with Crippen molar-refractivity contribution in [3.8, 4) is 0 Å². The summed E-state index contributed by atoms with van der Waals surface area (Å²) in [5, 5.41) is 22.1. The topological polar surface area (TPSA) is 110 Å². The van der Waals surface area contributed by atoms with Gasteiger partial charge in [-0.1, -0.05) is 18.2 Å². The molecule has 2 atom stereocenters. The van der Waals surface area contributed by atoms with Gasteiger partial charge in [0.1, 0.15) is 6.04 Å². The lowest BCUT2D eigenvalue weighted by atomic mass is 9.99. The van der Waals surface area contributed by atoms with E-state index in [0.717, 1.165) is 0 Å². The van der Waals surface area contributed by atoms with Crippen LogP contribution in [0.1, 0.15) is 24.8 Å². The van der Waals surface area contributed by atoms with Gasteiger partial charge in [0.05, 0.1) is 10.8 Å². The van der Waals surface area contributed by atoms with E-state index in [1.165, 1.54) is 24.3 Å². The molecule has 112 valence electrons. The lowest BCUT2D eigenvalue weighted by Crippen LogP contribution is -2.42. The Morgan fingerprint density at radius 2 is 2.19 bits per heavy atom. The number of carbonyl (C=O) groups excluding carboxylic acids is 1. The fraction of sp³-hybridized carbons (Fsp3) is 0.286. The number of carboxylic acid groups (broad SMARTS) is 1. The first-order valence-electron chi connectivity index (χ1n) is 6.25. The quantitative estimate of drug-likeness (QED) is 0.452. The van der Waals surface area contributed by atoms with E-state index in [2.05, 4.69) is 11.9 Å². The van der Waals surface area contributed by atoms with E-state index in [-0.39, 0.29) is 12.1 Å². The molecule has 1 amide bonds. The molecule has 2 unspecified atom stereocenters. The average Bonchev–Trinajstić information content (AvgIpc) is 2.45. The maximum atomic E-state index is 12.0. The van der Waals surface area contributed by atoms with Gasteiger partial charge in [0.15, 0.2) is 0 Å². The minimum absolute atomic E-state index is 0.0999. The van der Waals surface area contributed by atoms with Crippen molar-refractivity contribution in [1.82, 2.24) is 5.32 Å². The fourth-order valence-electron chi connectivity index (χ4n) is 1.74. The van der Waals surface area contributed by atoms with Gasteiger partial charge in [-0.15, -0.1) is 6.58 Å². The number of benzene rings is 1. The first kappa shape index (κ1) is 16.4. The van der Waals surface area contributed by atoms with E-state index < -0.39 is 28.8 Å². The van der Waals surface area contributed by atoms with Gasteiger partial charge in [-0.3, -0.25) is 14.9 Å². The first-order valence-corrected chi connectivity index (χ1v) is 6.25. The Hall–Kier alpha value is -2.70. The number of nitro benzene ring substituents is 1. The van der Waals surface area contributed by atoms with Crippen LogP contribution in [-0.2, 0) is 9.59 Å². The van der Waals surface area contributed by atoms with Crippen LogP contribution >= 0.6 is 0 Å². The summed E-state index contributed by atoms with van der Waals surface area (Å²) in [6, 6.07) is 4.63. The van der Waals surface area contributed by atoms with E-state index >= 15 is 0 Å². The van der Waals surface area contributed by atoms with Gasteiger partial charge in [-0.05, 0) is 18.9 Å². The minimum atomic E-state index is -1.16. The van der Waals surface area contributed by atoms with E-state index in [1.807, 2.05) is 0 Å². The molecular formula is C14H16N2O5. The molecule has 7 nitrogen and oxygen atoms in total. The molecule has 1 aromatic carbocycles. The number of rotatable bonds is 7. The Labute approximate surface area is 121 Å². The highest BCUT2D eigenvalue weighted by atomic mass is 16.6. The molecule has 0 saturated heterocycles. The predicted octanol–water partition coefficient (Wildman–Crippen LogP) is 1.84. The van der Waals surface area contributed by atoms with Gasteiger partial charge in [-0.2, -0.15) is 0 Å². The molecule has 7 heteroatoms. The van der Waals surface area contributed by atoms with Crippen LogP contribution in [0.5, 0.6) is 0 Å². The number of hydrogen-bond donors (Lipinski definition) is 2. The number of non-ortho nitro benzene ring substituents is 1. The third-order valence-corrected chi connectivity index (χ3v) is 2.99. The second-order valence-electron chi connectivity index (χ2n) is 4.50. The molecule has 1 rings (SSSR count). The Bertz CT molecular complexity index is 570. The van der Waals surface area contributed by atoms with Crippen LogP contribution in [-0.4, -0.2) is 27.9 Å². The van der Waals surface area contributed by atoms with Gasteiger partial charge in [0, 0.05) is 12.1 Å². The number of nitrogens with one attached hydrogen (secondary N) is 1. The maximum absolute atomic E-state index is 12.0. The molecule has 0 aliphatic rings. The highest BCUT2D eigenvalue weighted by Crippen LogP contribution is 2.21. The smallest absolute Gasteiger partial charge is 0.326 e. The highest BCUT2D eigenvalue weighted by Gasteiger charge is 2.23. The summed E-state index contributed by atoms with van der Waals surface area (Å²) in [4.78, 5) is 33.2. The zero-order valence-corrected chi connectivity index (χ0v) is 11.5. The summed E-state index contributed by atoms with van der Waals surface area (Å²) in [7, 11) is 0. The summed E-state index contributed by atoms with van der Waals surface area (Å²) >= 11 is 0. The second kappa shape index (κ2) is 7.18. The summed E-state index contributed by atoms with van der Waals surface area (Å²) < 4.78 is 0. The molecule has 2 N–H and O–H groups in total. The van der Waals surface area contributed by atoms with E-state index in [1.54, 1.807) is 13.0 Å². The Balaban J connectivity index is 2.87. The molecule has 0 aliphatic heterocycles. The highest BCUT2D eigenvalue weighted by molar-refractivity contribution is 5.88. The fourth-order valence-corrected chi connectivity index (χ4v) is 1.74. The third kappa shape index (κ3) is 4.41. The average molecular weight is 292 g/mol. The lowest BCUT2D eigenvalue weighted by Gasteiger charge is -2.16. The molecule has 0 bridgehead atoms. The van der Waals surface area contributed by atoms with Crippen molar-refractivity contribution in [1.29, 1.82) is 0 Å². The number of nitrogens with zero attached hydrogens (tertiary/aromatic N) is 1. The maximum Gasteiger partial charge on any atom is 0.326 e. The van der Waals surface area contributed by atoms with Gasteiger partial charge in [0.25, 0.3) is 5.69 Å². The van der Waals surface area contributed by atoms with Crippen molar-refractivity contribution in [3.05, 3.63) is 52.6 Å². The van der Waals surface area contributed by atoms with Crippen molar-refractivity contribution < 1.29 is 19.6 Å². The van der Waals surface area contributed by atoms with E-state index in [0.29, 0.717) is 5.56 Å². The van der Waals surface area contributed by atoms with Crippen molar-refractivity contribution in [2.45, 2.75) is 25.3 Å². The molecule has 0 saturated carbocycles. The molecule has 1 aromatic rings. The summed E-state index contributed by atoms with van der Waals surface area (Å²) in [6.45, 7) is 4.99. The predicted molar refractivity (Wildman–Crippen MR) is 75.9 cm³/mol. The van der Waals surface area contributed by atoms with Gasteiger partial charge in [-0.25, -0.2) is 4.79 Å². The number of amides is 1. The monoisotopic (exact) mass is 292 g/mol. The summed E-state index contributed by atoms with van der Waals surface area (Å²) in [5.41, 5.74) is 0.331. The minimum Gasteiger partial charge on any atom is -0.480 e. The molecule has 0 fully saturated rings. The van der Waals surface area contributed by atoms with Crippen molar-refractivity contribution >= 4 is 17.6 Å². The van der Waals surface area contributed by atoms with Crippen LogP contribution in [0.2, 0.25) is 0 Å². The van der Waals surface area contributed by atoms with E-state index in [4.69, 9.17) is 5.11 Å². The second-order valence-corrected chi connectivity index (χ2v) is 4.50. The van der Waals surface area contributed by atoms with Crippen LogP contribution in [0, 0.1) is 10.1 Å². The number of aliphatic carboxylic acids is 1. The van der Waals surface area contributed by atoms with Gasteiger partial charge in [0.2, 0.25) is 5.91 Å². The first-order chi connectivity index (χ1) is 9.86. The molecule has 0 radical (unpaired) electrons. The number of hydrogen-bond acceptors (Lipinski definition) is 4. The molecule has 0 heterocycles. The molecule has 21 heavy (non-hydrogen) atoms. The Morgan fingerprint density at radius 1 is 1.52 bits per heavy atom. The molecular weight excluding hydrogens is 276 g/mol.